The number of aliphatic hydroxyl groups is 2. The van der Waals surface area contributed by atoms with Crippen LogP contribution in [0.2, 0.25) is 18.1 Å². The summed E-state index contributed by atoms with van der Waals surface area (Å²) in [5, 5.41) is 23.0. The summed E-state index contributed by atoms with van der Waals surface area (Å²) in [6.45, 7) is 11.4. The van der Waals surface area contributed by atoms with E-state index in [2.05, 4.69) is 64.2 Å². The summed E-state index contributed by atoms with van der Waals surface area (Å²) in [6.07, 6.45) is -2.58. The van der Waals surface area contributed by atoms with Crippen molar-refractivity contribution in [2.45, 2.75) is 93.0 Å². The Bertz CT molecular complexity index is 1510. The Labute approximate surface area is 272 Å². The predicted molar refractivity (Wildman–Crippen MR) is 183 cm³/mol. The molecule has 0 aromatic heterocycles. The molecular formula is C37H46O6SSi. The van der Waals surface area contributed by atoms with Crippen molar-refractivity contribution in [1.82, 2.24) is 0 Å². The SMILES string of the molecule is CC(C)(C)[Si](C)(C)O[C@H]1[C@H](OCc2ccccc2)[C@@H](CCO)O[C@](O)(Sc2ccccc2)[C@H]1OCc1ccc2ccccc2c1. The van der Waals surface area contributed by atoms with Gasteiger partial charge < -0.3 is 28.8 Å². The molecule has 0 radical (unpaired) electrons. The molecule has 6 nitrogen and oxygen atoms in total. The molecular weight excluding hydrogens is 601 g/mol. The molecule has 4 aromatic rings. The molecule has 4 aromatic carbocycles. The summed E-state index contributed by atoms with van der Waals surface area (Å²) < 4.78 is 27.1. The van der Waals surface area contributed by atoms with Crippen molar-refractivity contribution in [2.24, 2.45) is 0 Å². The second kappa shape index (κ2) is 14.5. The van der Waals surface area contributed by atoms with Crippen LogP contribution in [0.4, 0.5) is 0 Å². The van der Waals surface area contributed by atoms with Gasteiger partial charge in [-0.15, -0.1) is 0 Å². The van der Waals surface area contributed by atoms with Crippen molar-refractivity contribution < 1.29 is 28.8 Å². The zero-order chi connectivity index (χ0) is 32.1. The van der Waals surface area contributed by atoms with Gasteiger partial charge in [-0.25, -0.2) is 0 Å². The van der Waals surface area contributed by atoms with Crippen LogP contribution in [0.25, 0.3) is 10.8 Å². The van der Waals surface area contributed by atoms with Crippen LogP contribution in [-0.4, -0.2) is 54.7 Å². The van der Waals surface area contributed by atoms with Crippen LogP contribution in [0.15, 0.2) is 108 Å². The van der Waals surface area contributed by atoms with Gasteiger partial charge >= 0.3 is 0 Å². The van der Waals surface area contributed by atoms with E-state index in [1.54, 1.807) is 0 Å². The Balaban J connectivity index is 1.55. The first-order valence-corrected chi connectivity index (χ1v) is 19.4. The number of hydrogen-bond donors (Lipinski definition) is 2. The highest BCUT2D eigenvalue weighted by Gasteiger charge is 2.58. The van der Waals surface area contributed by atoms with Gasteiger partial charge in [-0.05, 0) is 64.7 Å². The molecule has 2 N–H and O–H groups in total. The van der Waals surface area contributed by atoms with E-state index in [-0.39, 0.29) is 24.7 Å². The average molecular weight is 647 g/mol. The van der Waals surface area contributed by atoms with Gasteiger partial charge in [-0.1, -0.05) is 117 Å². The van der Waals surface area contributed by atoms with E-state index >= 15 is 0 Å². The van der Waals surface area contributed by atoms with Crippen molar-refractivity contribution >= 4 is 30.9 Å². The van der Waals surface area contributed by atoms with Gasteiger partial charge in [0, 0.05) is 11.5 Å². The number of thioether (sulfide) groups is 1. The fourth-order valence-corrected chi connectivity index (χ4v) is 7.77. The van der Waals surface area contributed by atoms with E-state index in [1.165, 1.54) is 11.8 Å². The van der Waals surface area contributed by atoms with Gasteiger partial charge in [0.05, 0.1) is 19.3 Å². The lowest BCUT2D eigenvalue weighted by Crippen LogP contribution is -2.67. The van der Waals surface area contributed by atoms with Gasteiger partial charge in [-0.2, -0.15) is 0 Å². The van der Waals surface area contributed by atoms with Crippen LogP contribution < -0.4 is 0 Å². The minimum atomic E-state index is -2.43. The van der Waals surface area contributed by atoms with Crippen molar-refractivity contribution in [3.8, 4) is 0 Å². The van der Waals surface area contributed by atoms with Gasteiger partial charge in [0.25, 0.3) is 5.12 Å². The lowest BCUT2D eigenvalue weighted by atomic mass is 9.96. The molecule has 0 unspecified atom stereocenters. The maximum atomic E-state index is 12.5. The summed E-state index contributed by atoms with van der Waals surface area (Å²) in [4.78, 5) is 0.830. The topological polar surface area (TPSA) is 77.4 Å². The van der Waals surface area contributed by atoms with E-state index in [0.29, 0.717) is 6.61 Å². The minimum absolute atomic E-state index is 0.116. The fourth-order valence-electron chi connectivity index (χ4n) is 5.36. The first-order chi connectivity index (χ1) is 21.5. The molecule has 1 heterocycles. The van der Waals surface area contributed by atoms with Crippen LogP contribution >= 0.6 is 11.8 Å². The van der Waals surface area contributed by atoms with Crippen LogP contribution in [0.1, 0.15) is 38.3 Å². The third-order valence-electron chi connectivity index (χ3n) is 8.85. The quantitative estimate of drug-likeness (QED) is 0.120. The fraction of sp³-hybridized carbons (Fsp3) is 0.405. The molecule has 240 valence electrons. The lowest BCUT2D eigenvalue weighted by molar-refractivity contribution is -0.318. The second-order valence-corrected chi connectivity index (χ2v) is 19.2. The maximum Gasteiger partial charge on any atom is 0.250 e. The standard InChI is InChI=1S/C37H46O6SSi/c1-36(2,3)45(4,5)43-34-33(40-25-27-14-8-6-9-15-27)32(22-23-38)42-37(39,44-31-18-10-7-11-19-31)35(34)41-26-28-20-21-29-16-12-13-17-30(29)24-28/h6-21,24,32-35,38-39H,22-23,25-26H2,1-5H3/t32-,33-,34+,35+,37+/m1/s1. The van der Waals surface area contributed by atoms with Crippen molar-refractivity contribution in [3.63, 3.8) is 0 Å². The molecule has 0 bridgehead atoms. The van der Waals surface area contributed by atoms with Crippen LogP contribution in [-0.2, 0) is 31.9 Å². The summed E-state index contributed by atoms with van der Waals surface area (Å²) in [5.74, 6) is 0. The summed E-state index contributed by atoms with van der Waals surface area (Å²) in [5.41, 5.74) is 1.99. The molecule has 0 aliphatic carbocycles. The van der Waals surface area contributed by atoms with E-state index in [1.807, 2.05) is 72.8 Å². The predicted octanol–water partition coefficient (Wildman–Crippen LogP) is 7.92. The zero-order valence-electron chi connectivity index (χ0n) is 26.9. The van der Waals surface area contributed by atoms with Crippen molar-refractivity contribution in [1.29, 1.82) is 0 Å². The Morgan fingerprint density at radius 3 is 2.07 bits per heavy atom. The van der Waals surface area contributed by atoms with Crippen LogP contribution in [0.5, 0.6) is 0 Å². The third-order valence-corrected chi connectivity index (χ3v) is 14.5. The molecule has 5 rings (SSSR count). The van der Waals surface area contributed by atoms with E-state index < -0.39 is 37.9 Å². The maximum absolute atomic E-state index is 12.5. The summed E-state index contributed by atoms with van der Waals surface area (Å²) >= 11 is 1.20. The Morgan fingerprint density at radius 1 is 0.778 bits per heavy atom. The van der Waals surface area contributed by atoms with Crippen LogP contribution in [0, 0.1) is 0 Å². The van der Waals surface area contributed by atoms with Gasteiger partial charge in [0.15, 0.2) is 8.32 Å². The van der Waals surface area contributed by atoms with Crippen molar-refractivity contribution in [3.05, 3.63) is 114 Å². The summed E-state index contributed by atoms with van der Waals surface area (Å²) in [6, 6.07) is 34.1. The first kappa shape index (κ1) is 33.8. The highest BCUT2D eigenvalue weighted by Crippen LogP contribution is 2.47. The monoisotopic (exact) mass is 646 g/mol. The Kier molecular flexibility index (Phi) is 10.9. The van der Waals surface area contributed by atoms with Gasteiger partial charge in [0.1, 0.15) is 18.3 Å². The smallest absolute Gasteiger partial charge is 0.250 e. The number of aliphatic hydroxyl groups excluding tert-OH is 1. The molecule has 0 saturated carbocycles. The number of fused-ring (bicyclic) bond motifs is 1. The highest BCUT2D eigenvalue weighted by atomic mass is 32.2. The molecule has 1 aliphatic heterocycles. The zero-order valence-corrected chi connectivity index (χ0v) is 28.7. The molecule has 1 fully saturated rings. The largest absolute Gasteiger partial charge is 0.408 e. The van der Waals surface area contributed by atoms with E-state index in [9.17, 15) is 10.2 Å². The Morgan fingerprint density at radius 2 is 1.40 bits per heavy atom. The van der Waals surface area contributed by atoms with E-state index in [0.717, 1.165) is 26.8 Å². The number of hydrogen-bond acceptors (Lipinski definition) is 7. The van der Waals surface area contributed by atoms with Gasteiger partial charge in [0.2, 0.25) is 0 Å². The molecule has 45 heavy (non-hydrogen) atoms. The first-order valence-electron chi connectivity index (χ1n) is 15.7. The third kappa shape index (κ3) is 8.25. The minimum Gasteiger partial charge on any atom is -0.408 e. The van der Waals surface area contributed by atoms with Crippen LogP contribution in [0.3, 0.4) is 0 Å². The average Bonchev–Trinajstić information content (AvgIpc) is 3.01. The Hall–Kier alpha value is -2.53. The number of benzene rings is 4. The second-order valence-electron chi connectivity index (χ2n) is 13.2. The molecule has 1 aliphatic rings. The van der Waals surface area contributed by atoms with Gasteiger partial charge in [-0.3, -0.25) is 0 Å². The lowest BCUT2D eigenvalue weighted by Gasteiger charge is -2.52. The molecule has 0 spiro atoms. The molecule has 5 atom stereocenters. The van der Waals surface area contributed by atoms with Crippen molar-refractivity contribution in [2.75, 3.05) is 6.61 Å². The van der Waals surface area contributed by atoms with E-state index in [4.69, 9.17) is 18.6 Å². The normalized spacial score (nSPS) is 24.2. The number of rotatable bonds is 12. The highest BCUT2D eigenvalue weighted by molar-refractivity contribution is 8.00. The molecule has 1 saturated heterocycles. The molecule has 8 heteroatoms. The number of ether oxygens (including phenoxy) is 3. The molecule has 0 amide bonds. The summed E-state index contributed by atoms with van der Waals surface area (Å²) in [7, 11) is -2.43.